The minimum absolute atomic E-state index is 0.0197. The summed E-state index contributed by atoms with van der Waals surface area (Å²) in [6.07, 6.45) is 4.87. The Hall–Kier alpha value is -5.46. The van der Waals surface area contributed by atoms with Crippen molar-refractivity contribution in [3.8, 4) is 44.5 Å². The molecule has 0 amide bonds. The van der Waals surface area contributed by atoms with Crippen molar-refractivity contribution in [1.82, 2.24) is 0 Å². The molecule has 10 rings (SSSR count). The van der Waals surface area contributed by atoms with E-state index in [2.05, 4.69) is 159 Å². The molecule has 0 spiro atoms. The highest BCUT2D eigenvalue weighted by Gasteiger charge is 2.35. The van der Waals surface area contributed by atoms with Crippen LogP contribution in [0.4, 0.5) is 0 Å². The van der Waals surface area contributed by atoms with Crippen molar-refractivity contribution in [3.63, 3.8) is 0 Å². The second-order valence-electron chi connectivity index (χ2n) is 14.7. The van der Waals surface area contributed by atoms with Crippen LogP contribution in [-0.4, -0.2) is 0 Å². The Kier molecular flexibility index (Phi) is 6.28. The second-order valence-corrected chi connectivity index (χ2v) is 14.7. The summed E-state index contributed by atoms with van der Waals surface area (Å²) in [5, 5.41) is 7.85. The molecule has 0 heteroatoms. The van der Waals surface area contributed by atoms with Crippen LogP contribution in [0.1, 0.15) is 48.9 Å². The molecule has 0 saturated carbocycles. The summed E-state index contributed by atoms with van der Waals surface area (Å²) in [4.78, 5) is 0. The van der Waals surface area contributed by atoms with Gasteiger partial charge in [0.2, 0.25) is 0 Å². The molecule has 0 heterocycles. The maximum Gasteiger partial charge on any atom is 0.0158 e. The lowest BCUT2D eigenvalue weighted by Gasteiger charge is -2.24. The molecule has 0 radical (unpaired) electrons. The summed E-state index contributed by atoms with van der Waals surface area (Å²) in [6.45, 7) is 4.74. The summed E-state index contributed by atoms with van der Waals surface area (Å²) in [5.74, 6) is 0. The Labute approximate surface area is 288 Å². The summed E-state index contributed by atoms with van der Waals surface area (Å²) in [6, 6.07) is 55.3. The average Bonchev–Trinajstić information content (AvgIpc) is 3.38. The minimum atomic E-state index is -0.0197. The first-order chi connectivity index (χ1) is 24.1. The van der Waals surface area contributed by atoms with Gasteiger partial charge in [-0.15, -0.1) is 0 Å². The third-order valence-corrected chi connectivity index (χ3v) is 11.6. The molecular weight excluding hydrogens is 589 g/mol. The molecule has 0 saturated heterocycles. The number of rotatable bonds is 3. The second kappa shape index (κ2) is 10.8. The number of benzene rings is 8. The molecular formula is C49H38. The highest BCUT2D eigenvalue weighted by atomic mass is 14.4. The lowest BCUT2D eigenvalue weighted by Crippen LogP contribution is -2.14. The smallest absolute Gasteiger partial charge is 0.0158 e. The van der Waals surface area contributed by atoms with E-state index in [-0.39, 0.29) is 5.41 Å². The van der Waals surface area contributed by atoms with Crippen molar-refractivity contribution < 1.29 is 0 Å². The van der Waals surface area contributed by atoms with Gasteiger partial charge in [0.25, 0.3) is 0 Å². The van der Waals surface area contributed by atoms with E-state index in [4.69, 9.17) is 0 Å². The van der Waals surface area contributed by atoms with Crippen molar-refractivity contribution in [1.29, 1.82) is 0 Å². The van der Waals surface area contributed by atoms with Gasteiger partial charge in [-0.1, -0.05) is 141 Å². The van der Waals surface area contributed by atoms with Gasteiger partial charge in [0, 0.05) is 5.41 Å². The first-order valence-electron chi connectivity index (χ1n) is 17.9. The number of hydrogen-bond donors (Lipinski definition) is 0. The molecule has 0 N–H and O–H groups in total. The van der Waals surface area contributed by atoms with Gasteiger partial charge in [0.05, 0.1) is 0 Å². The lowest BCUT2D eigenvalue weighted by molar-refractivity contribution is 0.660. The van der Waals surface area contributed by atoms with Crippen molar-refractivity contribution in [3.05, 3.63) is 168 Å². The Bertz CT molecular complexity index is 2630. The van der Waals surface area contributed by atoms with Crippen LogP contribution < -0.4 is 0 Å². The standard InChI is InChI=1S/C49H38/c1-49(2)45-21-10-9-17-38(45)43-30-36(25-27-46(43)49)47-40-18-7-8-19-41(40)48(39-20-11-15-32-13-5-6-16-37(32)39)42-26-24-35(29-44(42)47)34-23-22-31-12-3-4-14-33(31)28-34/h3-4,7-12,14-15,17-30H,5-6,13,16H2,1-2H3. The maximum absolute atomic E-state index is 2.48. The third-order valence-electron chi connectivity index (χ3n) is 11.6. The quantitative estimate of drug-likeness (QED) is 0.171. The van der Waals surface area contributed by atoms with Crippen LogP contribution in [0.25, 0.3) is 76.8 Å². The van der Waals surface area contributed by atoms with Gasteiger partial charge in [-0.05, 0) is 143 Å². The molecule has 0 nitrogen and oxygen atoms in total. The largest absolute Gasteiger partial charge is 0.0619 e. The fourth-order valence-electron chi connectivity index (χ4n) is 9.22. The van der Waals surface area contributed by atoms with Gasteiger partial charge in [0.1, 0.15) is 0 Å². The topological polar surface area (TPSA) is 0 Å². The van der Waals surface area contributed by atoms with E-state index in [9.17, 15) is 0 Å². The molecule has 234 valence electrons. The van der Waals surface area contributed by atoms with E-state index < -0.39 is 0 Å². The molecule has 8 aromatic carbocycles. The lowest BCUT2D eigenvalue weighted by atomic mass is 9.80. The zero-order valence-electron chi connectivity index (χ0n) is 28.2. The molecule has 0 fully saturated rings. The van der Waals surface area contributed by atoms with Crippen LogP contribution in [0, 0.1) is 0 Å². The van der Waals surface area contributed by atoms with Crippen molar-refractivity contribution >= 4 is 32.3 Å². The molecule has 2 aliphatic carbocycles. The van der Waals surface area contributed by atoms with Crippen LogP contribution in [0.5, 0.6) is 0 Å². The van der Waals surface area contributed by atoms with Crippen molar-refractivity contribution in [2.75, 3.05) is 0 Å². The van der Waals surface area contributed by atoms with Crippen LogP contribution >= 0.6 is 0 Å². The van der Waals surface area contributed by atoms with Gasteiger partial charge in [-0.3, -0.25) is 0 Å². The molecule has 0 aromatic heterocycles. The fraction of sp³-hybridized carbons (Fsp3) is 0.143. The Balaban J connectivity index is 1.30. The predicted molar refractivity (Wildman–Crippen MR) is 209 cm³/mol. The van der Waals surface area contributed by atoms with Crippen LogP contribution in [0.15, 0.2) is 146 Å². The van der Waals surface area contributed by atoms with Crippen LogP contribution in [-0.2, 0) is 18.3 Å². The molecule has 0 atom stereocenters. The van der Waals surface area contributed by atoms with E-state index >= 15 is 0 Å². The fourth-order valence-corrected chi connectivity index (χ4v) is 9.22. The molecule has 0 aliphatic heterocycles. The zero-order chi connectivity index (χ0) is 32.7. The van der Waals surface area contributed by atoms with E-state index in [0.717, 1.165) is 6.42 Å². The normalized spacial score (nSPS) is 14.6. The van der Waals surface area contributed by atoms with Crippen LogP contribution in [0.2, 0.25) is 0 Å². The molecule has 0 unspecified atom stereocenters. The van der Waals surface area contributed by atoms with Gasteiger partial charge in [-0.2, -0.15) is 0 Å². The average molecular weight is 627 g/mol. The third kappa shape index (κ3) is 4.30. The van der Waals surface area contributed by atoms with E-state index in [0.29, 0.717) is 0 Å². The number of aryl methyl sites for hydroxylation is 1. The summed E-state index contributed by atoms with van der Waals surface area (Å²) in [7, 11) is 0. The zero-order valence-corrected chi connectivity index (χ0v) is 28.2. The van der Waals surface area contributed by atoms with Crippen molar-refractivity contribution in [2.24, 2.45) is 0 Å². The predicted octanol–water partition coefficient (Wildman–Crippen LogP) is 13.3. The van der Waals surface area contributed by atoms with Gasteiger partial charge < -0.3 is 0 Å². The molecule has 49 heavy (non-hydrogen) atoms. The maximum atomic E-state index is 2.48. The molecule has 0 bridgehead atoms. The molecule has 2 aliphatic rings. The first kappa shape index (κ1) is 28.5. The highest BCUT2D eigenvalue weighted by molar-refractivity contribution is 6.22. The number of fused-ring (bicyclic) bond motifs is 7. The van der Waals surface area contributed by atoms with Crippen LogP contribution in [0.3, 0.4) is 0 Å². The van der Waals surface area contributed by atoms with Gasteiger partial charge in [-0.25, -0.2) is 0 Å². The van der Waals surface area contributed by atoms with E-state index in [1.54, 1.807) is 5.56 Å². The summed E-state index contributed by atoms with van der Waals surface area (Å²) in [5.41, 5.74) is 16.5. The summed E-state index contributed by atoms with van der Waals surface area (Å²) >= 11 is 0. The molecule has 8 aromatic rings. The van der Waals surface area contributed by atoms with E-state index in [1.165, 1.54) is 113 Å². The Morgan fingerprint density at radius 2 is 1.06 bits per heavy atom. The highest BCUT2D eigenvalue weighted by Crippen LogP contribution is 2.52. The van der Waals surface area contributed by atoms with Gasteiger partial charge in [0.15, 0.2) is 0 Å². The van der Waals surface area contributed by atoms with E-state index in [1.807, 2.05) is 0 Å². The number of hydrogen-bond acceptors (Lipinski definition) is 0. The monoisotopic (exact) mass is 626 g/mol. The van der Waals surface area contributed by atoms with Gasteiger partial charge >= 0.3 is 0 Å². The Morgan fingerprint density at radius 1 is 0.408 bits per heavy atom. The minimum Gasteiger partial charge on any atom is -0.0619 e. The first-order valence-corrected chi connectivity index (χ1v) is 17.9. The summed E-state index contributed by atoms with van der Waals surface area (Å²) < 4.78 is 0. The van der Waals surface area contributed by atoms with Crippen molar-refractivity contribution in [2.45, 2.75) is 44.9 Å². The SMILES string of the molecule is CC1(C)c2ccccc2-c2cc(-c3c4ccccc4c(-c4cccc5c4CCCC5)c4ccc(-c5ccc6ccccc6c5)cc34)ccc21. The Morgan fingerprint density at radius 3 is 1.96 bits per heavy atom.